The number of aromatic nitrogens is 1. The van der Waals surface area contributed by atoms with Crippen molar-refractivity contribution in [2.75, 3.05) is 12.4 Å². The number of hydrogen-bond donors (Lipinski definition) is 1. The monoisotopic (exact) mass is 266 g/mol. The summed E-state index contributed by atoms with van der Waals surface area (Å²) in [5.41, 5.74) is 1.77. The molecule has 0 aliphatic heterocycles. The molecular formula is C13H15FN2OS. The van der Waals surface area contributed by atoms with Gasteiger partial charge in [0.05, 0.1) is 19.3 Å². The van der Waals surface area contributed by atoms with Crippen molar-refractivity contribution in [3.63, 3.8) is 0 Å². The Kier molecular flexibility index (Phi) is 3.81. The van der Waals surface area contributed by atoms with Crippen LogP contribution in [-0.4, -0.2) is 12.1 Å². The first kappa shape index (κ1) is 12.8. The lowest BCUT2D eigenvalue weighted by atomic mass is 10.3. The van der Waals surface area contributed by atoms with Gasteiger partial charge in [-0.2, -0.15) is 0 Å². The zero-order valence-corrected chi connectivity index (χ0v) is 11.4. The van der Waals surface area contributed by atoms with Crippen LogP contribution >= 0.6 is 11.3 Å². The van der Waals surface area contributed by atoms with E-state index in [1.54, 1.807) is 23.5 Å². The van der Waals surface area contributed by atoms with Crippen molar-refractivity contribution in [3.8, 4) is 5.75 Å². The topological polar surface area (TPSA) is 34.1 Å². The van der Waals surface area contributed by atoms with Gasteiger partial charge < -0.3 is 10.1 Å². The number of nitrogens with zero attached hydrogens (tertiary/aromatic N) is 1. The lowest BCUT2D eigenvalue weighted by Gasteiger charge is -2.06. The highest BCUT2D eigenvalue weighted by Crippen LogP contribution is 2.22. The fourth-order valence-electron chi connectivity index (χ4n) is 1.57. The third-order valence-electron chi connectivity index (χ3n) is 2.67. The maximum absolute atomic E-state index is 13.5. The van der Waals surface area contributed by atoms with Crippen LogP contribution in [0.25, 0.3) is 0 Å². The van der Waals surface area contributed by atoms with E-state index in [9.17, 15) is 4.39 Å². The summed E-state index contributed by atoms with van der Waals surface area (Å²) >= 11 is 1.65. The van der Waals surface area contributed by atoms with Gasteiger partial charge >= 0.3 is 0 Å². The van der Waals surface area contributed by atoms with Crippen LogP contribution in [0, 0.1) is 19.7 Å². The molecule has 0 aliphatic carbocycles. The van der Waals surface area contributed by atoms with Crippen molar-refractivity contribution in [3.05, 3.63) is 39.6 Å². The minimum atomic E-state index is -0.367. The number of aryl methyl sites for hydroxylation is 2. The number of halogens is 1. The number of nitrogens with one attached hydrogen (secondary N) is 1. The average Bonchev–Trinajstić information content (AvgIpc) is 2.66. The Morgan fingerprint density at radius 2 is 2.17 bits per heavy atom. The first-order valence-electron chi connectivity index (χ1n) is 5.60. The first-order chi connectivity index (χ1) is 8.60. The van der Waals surface area contributed by atoms with E-state index in [2.05, 4.69) is 10.3 Å². The van der Waals surface area contributed by atoms with Crippen LogP contribution < -0.4 is 10.1 Å². The highest BCUT2D eigenvalue weighted by molar-refractivity contribution is 7.11. The van der Waals surface area contributed by atoms with E-state index >= 15 is 0 Å². The predicted octanol–water partition coefficient (Wildman–Crippen LogP) is 3.52. The lowest BCUT2D eigenvalue weighted by molar-refractivity contribution is 0.386. The zero-order valence-electron chi connectivity index (χ0n) is 10.6. The fraction of sp³-hybridized carbons (Fsp3) is 0.308. The van der Waals surface area contributed by atoms with Gasteiger partial charge in [-0.1, -0.05) is 0 Å². The molecule has 5 heteroatoms. The van der Waals surface area contributed by atoms with Gasteiger partial charge in [-0.25, -0.2) is 9.37 Å². The minimum absolute atomic E-state index is 0.251. The molecule has 1 aromatic heterocycles. The van der Waals surface area contributed by atoms with Crippen molar-refractivity contribution >= 4 is 17.0 Å². The average molecular weight is 266 g/mol. The molecule has 2 aromatic rings. The van der Waals surface area contributed by atoms with Crippen LogP contribution in [0.3, 0.4) is 0 Å². The second kappa shape index (κ2) is 5.35. The number of methoxy groups -OCH3 is 1. The summed E-state index contributed by atoms with van der Waals surface area (Å²) in [5, 5.41) is 4.15. The Labute approximate surface area is 110 Å². The Morgan fingerprint density at radius 3 is 2.72 bits per heavy atom. The molecule has 0 bridgehead atoms. The van der Waals surface area contributed by atoms with Crippen molar-refractivity contribution < 1.29 is 9.13 Å². The third-order valence-corrected chi connectivity index (χ3v) is 3.74. The Balaban J connectivity index is 2.04. The fourth-order valence-corrected chi connectivity index (χ4v) is 2.44. The molecule has 1 heterocycles. The SMILES string of the molecule is COc1ccc(NCc2nc(C)c(C)s2)cc1F. The van der Waals surface area contributed by atoms with Crippen molar-refractivity contribution in [1.29, 1.82) is 0 Å². The van der Waals surface area contributed by atoms with Gasteiger partial charge in [0.2, 0.25) is 0 Å². The van der Waals surface area contributed by atoms with Crippen molar-refractivity contribution in [2.45, 2.75) is 20.4 Å². The molecule has 0 fully saturated rings. The van der Waals surface area contributed by atoms with Crippen LogP contribution in [0.1, 0.15) is 15.6 Å². The van der Waals surface area contributed by atoms with Crippen LogP contribution in [0.2, 0.25) is 0 Å². The molecular weight excluding hydrogens is 251 g/mol. The molecule has 0 aliphatic rings. The molecule has 1 N–H and O–H groups in total. The van der Waals surface area contributed by atoms with Gasteiger partial charge in [-0.15, -0.1) is 11.3 Å². The van der Waals surface area contributed by atoms with Crippen molar-refractivity contribution in [2.24, 2.45) is 0 Å². The number of benzene rings is 1. The minimum Gasteiger partial charge on any atom is -0.494 e. The molecule has 18 heavy (non-hydrogen) atoms. The largest absolute Gasteiger partial charge is 0.494 e. The summed E-state index contributed by atoms with van der Waals surface area (Å²) in [6, 6.07) is 4.82. The van der Waals surface area contributed by atoms with Gasteiger partial charge in [0.25, 0.3) is 0 Å². The van der Waals surface area contributed by atoms with Gasteiger partial charge in [0.1, 0.15) is 5.01 Å². The molecule has 0 radical (unpaired) electrons. The second-order valence-electron chi connectivity index (χ2n) is 3.95. The van der Waals surface area contributed by atoms with Gasteiger partial charge in [0.15, 0.2) is 11.6 Å². The smallest absolute Gasteiger partial charge is 0.167 e. The maximum Gasteiger partial charge on any atom is 0.167 e. The first-order valence-corrected chi connectivity index (χ1v) is 6.42. The number of thiazole rings is 1. The van der Waals surface area contributed by atoms with E-state index in [-0.39, 0.29) is 11.6 Å². The maximum atomic E-state index is 13.5. The zero-order chi connectivity index (χ0) is 13.1. The van der Waals surface area contributed by atoms with E-state index < -0.39 is 0 Å². The van der Waals surface area contributed by atoms with Crippen LogP contribution in [0.5, 0.6) is 5.75 Å². The summed E-state index contributed by atoms with van der Waals surface area (Å²) in [5.74, 6) is -0.115. The molecule has 0 amide bonds. The van der Waals surface area contributed by atoms with Crippen LogP contribution in [0.15, 0.2) is 18.2 Å². The Morgan fingerprint density at radius 1 is 1.39 bits per heavy atom. The summed E-state index contributed by atoms with van der Waals surface area (Å²) in [6.07, 6.45) is 0. The quantitative estimate of drug-likeness (QED) is 0.919. The molecule has 0 spiro atoms. The third kappa shape index (κ3) is 2.79. The Hall–Kier alpha value is -1.62. The standard InChI is InChI=1S/C13H15FN2OS/c1-8-9(2)18-13(16-8)7-15-10-4-5-12(17-3)11(14)6-10/h4-6,15H,7H2,1-3H3. The highest BCUT2D eigenvalue weighted by atomic mass is 32.1. The summed E-state index contributed by atoms with van der Waals surface area (Å²) in [4.78, 5) is 5.63. The number of rotatable bonds is 4. The summed E-state index contributed by atoms with van der Waals surface area (Å²) < 4.78 is 18.3. The lowest BCUT2D eigenvalue weighted by Crippen LogP contribution is -2.00. The van der Waals surface area contributed by atoms with Crippen LogP contribution in [0.4, 0.5) is 10.1 Å². The second-order valence-corrected chi connectivity index (χ2v) is 5.24. The molecule has 96 valence electrons. The predicted molar refractivity (Wildman–Crippen MR) is 71.9 cm³/mol. The molecule has 0 atom stereocenters. The molecule has 0 saturated heterocycles. The molecule has 3 nitrogen and oxygen atoms in total. The van der Waals surface area contributed by atoms with Gasteiger partial charge in [0, 0.05) is 16.6 Å². The summed E-state index contributed by atoms with van der Waals surface area (Å²) in [6.45, 7) is 4.64. The Bertz CT molecular complexity index is 534. The number of ether oxygens (including phenoxy) is 1. The van der Waals surface area contributed by atoms with Gasteiger partial charge in [-0.05, 0) is 26.0 Å². The van der Waals surface area contributed by atoms with Crippen molar-refractivity contribution in [1.82, 2.24) is 4.98 Å². The molecule has 2 rings (SSSR count). The van der Waals surface area contributed by atoms with E-state index in [0.717, 1.165) is 16.4 Å². The number of hydrogen-bond acceptors (Lipinski definition) is 4. The number of anilines is 1. The highest BCUT2D eigenvalue weighted by Gasteiger charge is 2.05. The van der Waals surface area contributed by atoms with Gasteiger partial charge in [-0.3, -0.25) is 0 Å². The van der Waals surface area contributed by atoms with E-state index in [4.69, 9.17) is 4.74 Å². The summed E-state index contributed by atoms with van der Waals surface area (Å²) in [7, 11) is 1.45. The van der Waals surface area contributed by atoms with E-state index in [0.29, 0.717) is 6.54 Å². The van der Waals surface area contributed by atoms with E-state index in [1.165, 1.54) is 18.1 Å². The van der Waals surface area contributed by atoms with Crippen LogP contribution in [-0.2, 0) is 6.54 Å². The molecule has 0 unspecified atom stereocenters. The normalized spacial score (nSPS) is 10.4. The van der Waals surface area contributed by atoms with E-state index in [1.807, 2.05) is 13.8 Å². The molecule has 0 saturated carbocycles. The molecule has 1 aromatic carbocycles.